The van der Waals surface area contributed by atoms with Gasteiger partial charge in [0.2, 0.25) is 5.91 Å². The summed E-state index contributed by atoms with van der Waals surface area (Å²) in [7, 11) is 0. The van der Waals surface area contributed by atoms with Crippen molar-refractivity contribution in [2.24, 2.45) is 0 Å². The van der Waals surface area contributed by atoms with E-state index in [9.17, 15) is 9.90 Å². The second kappa shape index (κ2) is 6.82. The molecule has 7 nitrogen and oxygen atoms in total. The first-order valence-corrected chi connectivity index (χ1v) is 8.70. The first-order valence-electron chi connectivity index (χ1n) is 7.88. The summed E-state index contributed by atoms with van der Waals surface area (Å²) in [5, 5.41) is 14.5. The van der Waals surface area contributed by atoms with Gasteiger partial charge in [-0.1, -0.05) is 0 Å². The van der Waals surface area contributed by atoms with Crippen molar-refractivity contribution in [1.82, 2.24) is 20.3 Å². The normalized spacial score (nSPS) is 20.4. The third-order valence-electron chi connectivity index (χ3n) is 4.14. The highest BCUT2D eigenvalue weighted by molar-refractivity contribution is 7.11. The van der Waals surface area contributed by atoms with Crippen LogP contribution >= 0.6 is 11.3 Å². The molecular weight excluding hydrogens is 326 g/mol. The first-order chi connectivity index (χ1) is 11.5. The number of hydrogen-bond acceptors (Lipinski definition) is 7. The van der Waals surface area contributed by atoms with E-state index in [1.807, 2.05) is 18.7 Å². The predicted octanol–water partition coefficient (Wildman–Crippen LogP) is 0.850. The standard InChI is InChI=1S/C16H21N5O2S/c1-11-13(24-12(2)20-11)7-15(22)19-9-16(23)3-6-21(10-16)14-8-17-4-5-18-14/h4-5,8,23H,3,6-7,9-10H2,1-2H3,(H,19,22)/t16-/m0/s1. The summed E-state index contributed by atoms with van der Waals surface area (Å²) in [4.78, 5) is 27.7. The van der Waals surface area contributed by atoms with E-state index in [4.69, 9.17) is 0 Å². The van der Waals surface area contributed by atoms with Crippen molar-refractivity contribution in [1.29, 1.82) is 0 Å². The smallest absolute Gasteiger partial charge is 0.225 e. The van der Waals surface area contributed by atoms with Crippen molar-refractivity contribution < 1.29 is 9.90 Å². The number of aryl methyl sites for hydroxylation is 2. The minimum Gasteiger partial charge on any atom is -0.386 e. The Kier molecular flexibility index (Phi) is 4.77. The number of hydrogen-bond donors (Lipinski definition) is 2. The van der Waals surface area contributed by atoms with Gasteiger partial charge in [-0.3, -0.25) is 9.78 Å². The summed E-state index contributed by atoms with van der Waals surface area (Å²) in [6, 6.07) is 0. The third kappa shape index (κ3) is 3.88. The van der Waals surface area contributed by atoms with E-state index >= 15 is 0 Å². The van der Waals surface area contributed by atoms with E-state index in [-0.39, 0.29) is 12.5 Å². The lowest BCUT2D eigenvalue weighted by Gasteiger charge is -2.24. The highest BCUT2D eigenvalue weighted by Gasteiger charge is 2.37. The Balaban J connectivity index is 1.53. The van der Waals surface area contributed by atoms with Crippen molar-refractivity contribution in [3.05, 3.63) is 34.2 Å². The molecule has 0 saturated carbocycles. The minimum absolute atomic E-state index is 0.0897. The molecule has 1 atom stereocenters. The predicted molar refractivity (Wildman–Crippen MR) is 92.1 cm³/mol. The van der Waals surface area contributed by atoms with Crippen molar-refractivity contribution >= 4 is 23.1 Å². The van der Waals surface area contributed by atoms with E-state index in [1.54, 1.807) is 18.6 Å². The molecule has 0 aliphatic carbocycles. The van der Waals surface area contributed by atoms with Crippen LogP contribution in [0, 0.1) is 13.8 Å². The summed E-state index contributed by atoms with van der Waals surface area (Å²) < 4.78 is 0. The van der Waals surface area contributed by atoms with E-state index < -0.39 is 5.60 Å². The lowest BCUT2D eigenvalue weighted by Crippen LogP contribution is -2.45. The Morgan fingerprint density at radius 3 is 2.96 bits per heavy atom. The zero-order valence-corrected chi connectivity index (χ0v) is 14.6. The number of anilines is 1. The fraction of sp³-hybridized carbons (Fsp3) is 0.500. The van der Waals surface area contributed by atoms with Crippen LogP contribution in [0.4, 0.5) is 5.82 Å². The Morgan fingerprint density at radius 1 is 1.46 bits per heavy atom. The Hall–Kier alpha value is -2.06. The lowest BCUT2D eigenvalue weighted by molar-refractivity contribution is -0.121. The van der Waals surface area contributed by atoms with Gasteiger partial charge < -0.3 is 15.3 Å². The number of aliphatic hydroxyl groups is 1. The number of carbonyl (C=O) groups excluding carboxylic acids is 1. The monoisotopic (exact) mass is 347 g/mol. The van der Waals surface area contributed by atoms with Gasteiger partial charge in [0, 0.05) is 36.9 Å². The molecule has 0 spiro atoms. The average Bonchev–Trinajstić information content (AvgIpc) is 3.10. The maximum atomic E-state index is 12.1. The molecule has 0 bridgehead atoms. The van der Waals surface area contributed by atoms with Crippen molar-refractivity contribution in [3.8, 4) is 0 Å². The van der Waals surface area contributed by atoms with Crippen LogP contribution in [-0.2, 0) is 11.2 Å². The van der Waals surface area contributed by atoms with E-state index in [0.717, 1.165) is 21.4 Å². The van der Waals surface area contributed by atoms with Crippen molar-refractivity contribution in [3.63, 3.8) is 0 Å². The van der Waals surface area contributed by atoms with Gasteiger partial charge in [-0.2, -0.15) is 0 Å². The third-order valence-corrected chi connectivity index (χ3v) is 5.21. The van der Waals surface area contributed by atoms with Crippen molar-refractivity contribution in [2.75, 3.05) is 24.5 Å². The van der Waals surface area contributed by atoms with Crippen LogP contribution in [0.3, 0.4) is 0 Å². The second-order valence-electron chi connectivity index (χ2n) is 6.15. The molecule has 1 amide bonds. The molecule has 0 aromatic carbocycles. The summed E-state index contributed by atoms with van der Waals surface area (Å²) >= 11 is 1.54. The molecule has 1 saturated heterocycles. The number of nitrogens with zero attached hydrogens (tertiary/aromatic N) is 4. The number of thiazole rings is 1. The molecule has 1 fully saturated rings. The van der Waals surface area contributed by atoms with Gasteiger partial charge in [-0.05, 0) is 20.3 Å². The zero-order valence-electron chi connectivity index (χ0n) is 13.8. The molecule has 128 valence electrons. The van der Waals surface area contributed by atoms with Gasteiger partial charge in [0.1, 0.15) is 11.4 Å². The van der Waals surface area contributed by atoms with Gasteiger partial charge >= 0.3 is 0 Å². The molecule has 0 unspecified atom stereocenters. The molecule has 2 aromatic rings. The Labute approximate surface area is 144 Å². The molecule has 1 aliphatic heterocycles. The highest BCUT2D eigenvalue weighted by atomic mass is 32.1. The topological polar surface area (TPSA) is 91.2 Å². The number of amides is 1. The Morgan fingerprint density at radius 2 is 2.29 bits per heavy atom. The highest BCUT2D eigenvalue weighted by Crippen LogP contribution is 2.24. The SMILES string of the molecule is Cc1nc(C)c(CC(=O)NC[C@@]2(O)CCN(c3cnccn3)C2)s1. The lowest BCUT2D eigenvalue weighted by atomic mass is 10.0. The molecule has 24 heavy (non-hydrogen) atoms. The molecule has 3 rings (SSSR count). The van der Waals surface area contributed by atoms with Gasteiger partial charge in [-0.15, -0.1) is 11.3 Å². The molecular formula is C16H21N5O2S. The summed E-state index contributed by atoms with van der Waals surface area (Å²) in [6.07, 6.45) is 5.83. The van der Waals surface area contributed by atoms with Crippen LogP contribution in [-0.4, -0.2) is 51.2 Å². The average molecular weight is 347 g/mol. The number of nitrogens with one attached hydrogen (secondary N) is 1. The second-order valence-corrected chi connectivity index (χ2v) is 7.44. The first kappa shape index (κ1) is 16.8. The molecule has 2 N–H and O–H groups in total. The number of rotatable bonds is 5. The van der Waals surface area contributed by atoms with Crippen LogP contribution in [0.1, 0.15) is 22.0 Å². The van der Waals surface area contributed by atoms with Crippen molar-refractivity contribution in [2.45, 2.75) is 32.3 Å². The summed E-state index contributed by atoms with van der Waals surface area (Å²) in [5.74, 6) is 0.656. The van der Waals surface area contributed by atoms with Crippen LogP contribution in [0.15, 0.2) is 18.6 Å². The fourth-order valence-corrected chi connectivity index (χ4v) is 3.80. The zero-order chi connectivity index (χ0) is 17.2. The Bertz CT molecular complexity index is 721. The fourth-order valence-electron chi connectivity index (χ4n) is 2.86. The van der Waals surface area contributed by atoms with Crippen LogP contribution in [0.25, 0.3) is 0 Å². The van der Waals surface area contributed by atoms with Crippen LogP contribution in [0.5, 0.6) is 0 Å². The molecule has 2 aromatic heterocycles. The van der Waals surface area contributed by atoms with Gasteiger partial charge in [0.25, 0.3) is 0 Å². The van der Waals surface area contributed by atoms with Crippen LogP contribution in [0.2, 0.25) is 0 Å². The largest absolute Gasteiger partial charge is 0.386 e. The maximum absolute atomic E-state index is 12.1. The minimum atomic E-state index is -0.939. The van der Waals surface area contributed by atoms with E-state index in [2.05, 4.69) is 20.3 Å². The molecule has 0 radical (unpaired) electrons. The summed E-state index contributed by atoms with van der Waals surface area (Å²) in [6.45, 7) is 5.21. The number of carbonyl (C=O) groups is 1. The molecule has 3 heterocycles. The van der Waals surface area contributed by atoms with Gasteiger partial charge in [-0.25, -0.2) is 9.97 Å². The van der Waals surface area contributed by atoms with E-state index in [1.165, 1.54) is 11.3 Å². The summed E-state index contributed by atoms with van der Waals surface area (Å²) in [5.41, 5.74) is -0.0349. The maximum Gasteiger partial charge on any atom is 0.225 e. The van der Waals surface area contributed by atoms with Gasteiger partial charge in [0.05, 0.1) is 23.3 Å². The van der Waals surface area contributed by atoms with Crippen LogP contribution < -0.4 is 10.2 Å². The quantitative estimate of drug-likeness (QED) is 0.833. The van der Waals surface area contributed by atoms with Gasteiger partial charge in [0.15, 0.2) is 0 Å². The molecule has 1 aliphatic rings. The van der Waals surface area contributed by atoms with E-state index in [0.29, 0.717) is 25.9 Å². The number of aromatic nitrogens is 3. The molecule has 8 heteroatoms. The number of β-amino-alcohol motifs (C(OH)–C–C–N with tert-alkyl or cyclic N) is 1.